The number of benzene rings is 2. The van der Waals surface area contributed by atoms with Gasteiger partial charge in [0, 0.05) is 17.7 Å². The standard InChI is InChI=1S/C20H22N2O4S/c1-20(2,3)15-7-9-16(10-8-15)21-19(24)14-5-4-6-17(13-14)22-18(23)11-12-27(22,25)26/h4-10,13H,11-12H2,1-3H3,(H,21,24). The van der Waals surface area contributed by atoms with E-state index in [2.05, 4.69) is 26.1 Å². The first-order valence-corrected chi connectivity index (χ1v) is 10.3. The lowest BCUT2D eigenvalue weighted by Crippen LogP contribution is -2.29. The number of hydrogen-bond donors (Lipinski definition) is 1. The number of amides is 2. The number of carbonyl (C=O) groups excluding carboxylic acids is 2. The van der Waals surface area contributed by atoms with Gasteiger partial charge in [-0.05, 0) is 41.3 Å². The van der Waals surface area contributed by atoms with Crippen LogP contribution in [0.25, 0.3) is 0 Å². The summed E-state index contributed by atoms with van der Waals surface area (Å²) in [5.41, 5.74) is 2.28. The van der Waals surface area contributed by atoms with Crippen LogP contribution in [0.15, 0.2) is 48.5 Å². The number of hydrogen-bond acceptors (Lipinski definition) is 4. The molecule has 27 heavy (non-hydrogen) atoms. The Hall–Kier alpha value is -2.67. The van der Waals surface area contributed by atoms with Gasteiger partial charge < -0.3 is 5.32 Å². The van der Waals surface area contributed by atoms with Crippen LogP contribution in [0.1, 0.15) is 43.1 Å². The van der Waals surface area contributed by atoms with Gasteiger partial charge in [0.25, 0.3) is 5.91 Å². The van der Waals surface area contributed by atoms with E-state index in [1.165, 1.54) is 12.1 Å². The molecule has 0 aliphatic carbocycles. The molecule has 142 valence electrons. The molecule has 0 atom stereocenters. The molecule has 6 nitrogen and oxygen atoms in total. The fourth-order valence-corrected chi connectivity index (χ4v) is 4.35. The molecule has 1 N–H and O–H groups in total. The number of nitrogens with zero attached hydrogens (tertiary/aromatic N) is 1. The third kappa shape index (κ3) is 4.03. The predicted molar refractivity (Wildman–Crippen MR) is 105 cm³/mol. The molecule has 1 saturated heterocycles. The van der Waals surface area contributed by atoms with Gasteiger partial charge in [-0.15, -0.1) is 0 Å². The fourth-order valence-electron chi connectivity index (χ4n) is 2.90. The highest BCUT2D eigenvalue weighted by atomic mass is 32.2. The maximum absolute atomic E-state index is 12.5. The monoisotopic (exact) mass is 386 g/mol. The van der Waals surface area contributed by atoms with Crippen molar-refractivity contribution < 1.29 is 18.0 Å². The quantitative estimate of drug-likeness (QED) is 0.877. The molecule has 1 aliphatic rings. The minimum atomic E-state index is -3.66. The van der Waals surface area contributed by atoms with Crippen LogP contribution in [-0.2, 0) is 20.2 Å². The third-order valence-corrected chi connectivity index (χ3v) is 6.12. The highest BCUT2D eigenvalue weighted by Gasteiger charge is 2.36. The van der Waals surface area contributed by atoms with Gasteiger partial charge in [-0.1, -0.05) is 39.0 Å². The SMILES string of the molecule is CC(C)(C)c1ccc(NC(=O)c2cccc(N3C(=O)CCS3(=O)=O)c2)cc1. The second-order valence-corrected chi connectivity index (χ2v) is 9.49. The summed E-state index contributed by atoms with van der Waals surface area (Å²) in [7, 11) is -3.66. The molecule has 2 aromatic rings. The number of nitrogens with one attached hydrogen (secondary N) is 1. The first-order valence-electron chi connectivity index (χ1n) is 8.66. The normalized spacial score (nSPS) is 16.4. The highest BCUT2D eigenvalue weighted by molar-refractivity contribution is 7.94. The zero-order valence-corrected chi connectivity index (χ0v) is 16.3. The first-order chi connectivity index (χ1) is 12.6. The van der Waals surface area contributed by atoms with Gasteiger partial charge in [-0.3, -0.25) is 9.59 Å². The van der Waals surface area contributed by atoms with E-state index in [9.17, 15) is 18.0 Å². The second-order valence-electron chi connectivity index (χ2n) is 7.56. The maximum Gasteiger partial charge on any atom is 0.255 e. The van der Waals surface area contributed by atoms with E-state index in [-0.39, 0.29) is 34.7 Å². The Morgan fingerprint density at radius 1 is 1.07 bits per heavy atom. The summed E-state index contributed by atoms with van der Waals surface area (Å²) in [4.78, 5) is 24.5. The van der Waals surface area contributed by atoms with Crippen molar-refractivity contribution in [1.29, 1.82) is 0 Å². The van der Waals surface area contributed by atoms with Crippen molar-refractivity contribution in [1.82, 2.24) is 0 Å². The van der Waals surface area contributed by atoms with Gasteiger partial charge >= 0.3 is 0 Å². The van der Waals surface area contributed by atoms with Gasteiger partial charge in [0.05, 0.1) is 11.4 Å². The van der Waals surface area contributed by atoms with E-state index < -0.39 is 15.9 Å². The zero-order valence-electron chi connectivity index (χ0n) is 15.5. The Bertz CT molecular complexity index is 989. The van der Waals surface area contributed by atoms with Crippen LogP contribution in [0.2, 0.25) is 0 Å². The van der Waals surface area contributed by atoms with Crippen molar-refractivity contribution in [3.05, 3.63) is 59.7 Å². The fraction of sp³-hybridized carbons (Fsp3) is 0.300. The van der Waals surface area contributed by atoms with E-state index in [1.54, 1.807) is 12.1 Å². The van der Waals surface area contributed by atoms with E-state index in [1.807, 2.05) is 24.3 Å². The van der Waals surface area contributed by atoms with Crippen molar-refractivity contribution in [2.75, 3.05) is 15.4 Å². The zero-order chi connectivity index (χ0) is 19.8. The highest BCUT2D eigenvalue weighted by Crippen LogP contribution is 2.27. The molecule has 3 rings (SSSR count). The molecule has 2 amide bonds. The first kappa shape index (κ1) is 19.1. The van der Waals surface area contributed by atoms with Gasteiger partial charge in [-0.25, -0.2) is 12.7 Å². The topological polar surface area (TPSA) is 83.6 Å². The molecule has 0 spiro atoms. The maximum atomic E-state index is 12.5. The summed E-state index contributed by atoms with van der Waals surface area (Å²) in [5.74, 6) is -1.06. The molecular formula is C20H22N2O4S. The van der Waals surface area contributed by atoms with Crippen LogP contribution in [-0.4, -0.2) is 26.0 Å². The lowest BCUT2D eigenvalue weighted by atomic mass is 9.87. The van der Waals surface area contributed by atoms with Crippen LogP contribution in [0.3, 0.4) is 0 Å². The molecule has 0 saturated carbocycles. The molecule has 0 aromatic heterocycles. The molecule has 7 heteroatoms. The van der Waals surface area contributed by atoms with E-state index in [0.717, 1.165) is 9.87 Å². The van der Waals surface area contributed by atoms with Gasteiger partial charge in [-0.2, -0.15) is 0 Å². The van der Waals surface area contributed by atoms with Gasteiger partial charge in [0.1, 0.15) is 0 Å². The Morgan fingerprint density at radius 2 is 1.74 bits per heavy atom. The van der Waals surface area contributed by atoms with Crippen LogP contribution in [0.4, 0.5) is 11.4 Å². The third-order valence-electron chi connectivity index (χ3n) is 4.43. The Balaban J connectivity index is 1.81. The number of carbonyl (C=O) groups is 2. The minimum Gasteiger partial charge on any atom is -0.322 e. The summed E-state index contributed by atoms with van der Waals surface area (Å²) in [6.45, 7) is 6.33. The second kappa shape index (κ2) is 6.81. The number of anilines is 2. The van der Waals surface area contributed by atoms with Gasteiger partial charge in [0.2, 0.25) is 15.9 Å². The van der Waals surface area contributed by atoms with E-state index >= 15 is 0 Å². The lowest BCUT2D eigenvalue weighted by Gasteiger charge is -2.19. The van der Waals surface area contributed by atoms with Crippen molar-refractivity contribution in [3.63, 3.8) is 0 Å². The summed E-state index contributed by atoms with van der Waals surface area (Å²) < 4.78 is 24.9. The smallest absolute Gasteiger partial charge is 0.255 e. The van der Waals surface area contributed by atoms with E-state index in [4.69, 9.17) is 0 Å². The van der Waals surface area contributed by atoms with E-state index in [0.29, 0.717) is 5.69 Å². The Morgan fingerprint density at radius 3 is 2.30 bits per heavy atom. The summed E-state index contributed by atoms with van der Waals surface area (Å²) in [6, 6.07) is 13.6. The van der Waals surface area contributed by atoms with Crippen molar-refractivity contribution in [2.45, 2.75) is 32.6 Å². The van der Waals surface area contributed by atoms with Crippen molar-refractivity contribution >= 4 is 33.2 Å². The van der Waals surface area contributed by atoms with Crippen LogP contribution >= 0.6 is 0 Å². The summed E-state index contributed by atoms with van der Waals surface area (Å²) in [5, 5.41) is 2.79. The van der Waals surface area contributed by atoms with Crippen LogP contribution < -0.4 is 9.62 Å². The summed E-state index contributed by atoms with van der Waals surface area (Å²) in [6.07, 6.45) is -0.0428. The molecule has 1 fully saturated rings. The molecule has 2 aromatic carbocycles. The molecule has 1 aliphatic heterocycles. The largest absolute Gasteiger partial charge is 0.322 e. The molecule has 0 bridgehead atoms. The Labute approximate surface area is 159 Å². The molecule has 0 radical (unpaired) electrons. The number of rotatable bonds is 3. The van der Waals surface area contributed by atoms with Gasteiger partial charge in [0.15, 0.2) is 0 Å². The lowest BCUT2D eigenvalue weighted by molar-refractivity contribution is -0.116. The molecular weight excluding hydrogens is 364 g/mol. The Kier molecular flexibility index (Phi) is 4.82. The van der Waals surface area contributed by atoms with Crippen LogP contribution in [0, 0.1) is 0 Å². The molecule has 1 heterocycles. The van der Waals surface area contributed by atoms with Crippen molar-refractivity contribution in [3.8, 4) is 0 Å². The molecule has 0 unspecified atom stereocenters. The summed E-state index contributed by atoms with van der Waals surface area (Å²) >= 11 is 0. The number of sulfonamides is 1. The average Bonchev–Trinajstić information content (AvgIpc) is 2.87. The van der Waals surface area contributed by atoms with Crippen LogP contribution in [0.5, 0.6) is 0 Å². The predicted octanol–water partition coefficient (Wildman–Crippen LogP) is 3.30. The minimum absolute atomic E-state index is 0.0185. The van der Waals surface area contributed by atoms with Crippen molar-refractivity contribution in [2.24, 2.45) is 0 Å². The average molecular weight is 386 g/mol.